The minimum absolute atomic E-state index is 0.232. The first kappa shape index (κ1) is 18.0. The number of hydrogen-bond acceptors (Lipinski definition) is 5. The largest absolute Gasteiger partial charge is 0.437 e. The van der Waals surface area contributed by atoms with Gasteiger partial charge in [-0.3, -0.25) is 4.79 Å². The summed E-state index contributed by atoms with van der Waals surface area (Å²) in [4.78, 5) is 15.9. The Bertz CT molecular complexity index is 454. The van der Waals surface area contributed by atoms with Crippen LogP contribution in [0.3, 0.4) is 0 Å². The van der Waals surface area contributed by atoms with Crippen molar-refractivity contribution < 1.29 is 9.21 Å². The number of carbonyl (C=O) groups excluding carboxylic acids is 1. The van der Waals surface area contributed by atoms with E-state index >= 15 is 0 Å². The lowest BCUT2D eigenvalue weighted by Crippen LogP contribution is -2.55. The summed E-state index contributed by atoms with van der Waals surface area (Å²) in [5.41, 5.74) is 5.83. The molecular weight excluding hydrogens is 286 g/mol. The van der Waals surface area contributed by atoms with E-state index in [0.717, 1.165) is 41.7 Å². The van der Waals surface area contributed by atoms with Crippen molar-refractivity contribution in [2.75, 3.05) is 5.75 Å². The Balaban J connectivity index is 2.33. The van der Waals surface area contributed by atoms with Gasteiger partial charge in [-0.2, -0.15) is 0 Å². The van der Waals surface area contributed by atoms with Crippen molar-refractivity contribution in [3.8, 4) is 0 Å². The fraction of sp³-hybridized carbons (Fsp3) is 0.733. The van der Waals surface area contributed by atoms with Crippen molar-refractivity contribution >= 4 is 17.7 Å². The topological polar surface area (TPSA) is 81.1 Å². The van der Waals surface area contributed by atoms with Crippen LogP contribution in [0, 0.1) is 13.8 Å². The average molecular weight is 313 g/mol. The molecule has 1 rings (SSSR count). The Morgan fingerprint density at radius 1 is 1.43 bits per heavy atom. The third-order valence-electron chi connectivity index (χ3n) is 3.46. The highest BCUT2D eigenvalue weighted by molar-refractivity contribution is 7.99. The predicted octanol–water partition coefficient (Wildman–Crippen LogP) is 2.80. The van der Waals surface area contributed by atoms with Crippen LogP contribution in [0.4, 0.5) is 0 Å². The molecule has 0 aromatic carbocycles. The van der Waals surface area contributed by atoms with E-state index in [1.54, 1.807) is 11.8 Å². The zero-order valence-corrected chi connectivity index (χ0v) is 14.5. The standard InChI is InChI=1S/C15H27N3O2S/c1-10(2)18-15(5,13(16)19)8-6-7-9-21-14-17-11(3)12(4)20-14/h10,18H,6-9H2,1-5H3,(H2,16,19). The molecule has 0 fully saturated rings. The Labute approximate surface area is 131 Å². The molecule has 0 saturated carbocycles. The van der Waals surface area contributed by atoms with E-state index in [4.69, 9.17) is 10.2 Å². The first-order chi connectivity index (χ1) is 9.74. The maximum atomic E-state index is 11.6. The van der Waals surface area contributed by atoms with Crippen molar-refractivity contribution in [3.63, 3.8) is 0 Å². The van der Waals surface area contributed by atoms with Gasteiger partial charge >= 0.3 is 0 Å². The SMILES string of the molecule is Cc1nc(SCCCCC(C)(NC(C)C)C(N)=O)oc1C. The molecular formula is C15H27N3O2S. The molecule has 1 atom stereocenters. The first-order valence-corrected chi connectivity index (χ1v) is 8.37. The number of hydrogen-bond donors (Lipinski definition) is 2. The normalized spacial score (nSPS) is 14.4. The zero-order chi connectivity index (χ0) is 16.0. The number of carbonyl (C=O) groups is 1. The number of aromatic nitrogens is 1. The summed E-state index contributed by atoms with van der Waals surface area (Å²) in [6.07, 6.45) is 2.67. The van der Waals surface area contributed by atoms with Crippen molar-refractivity contribution in [2.45, 2.75) is 70.7 Å². The molecule has 0 aliphatic rings. The molecule has 5 nitrogen and oxygen atoms in total. The van der Waals surface area contributed by atoms with E-state index in [1.165, 1.54) is 0 Å². The van der Waals surface area contributed by atoms with E-state index < -0.39 is 5.54 Å². The second-order valence-electron chi connectivity index (χ2n) is 5.92. The molecule has 0 aliphatic carbocycles. The van der Waals surface area contributed by atoms with Gasteiger partial charge < -0.3 is 15.5 Å². The van der Waals surface area contributed by atoms with Crippen LogP contribution in [0.25, 0.3) is 0 Å². The molecule has 0 bridgehead atoms. The fourth-order valence-corrected chi connectivity index (χ4v) is 3.06. The number of primary amides is 1. The summed E-state index contributed by atoms with van der Waals surface area (Å²) < 4.78 is 5.52. The van der Waals surface area contributed by atoms with Crippen LogP contribution in [0.2, 0.25) is 0 Å². The van der Waals surface area contributed by atoms with E-state index in [1.807, 2.05) is 34.6 Å². The van der Waals surface area contributed by atoms with Gasteiger partial charge in [0.15, 0.2) is 0 Å². The highest BCUT2D eigenvalue weighted by atomic mass is 32.2. The molecule has 0 radical (unpaired) electrons. The fourth-order valence-electron chi connectivity index (χ4n) is 2.15. The van der Waals surface area contributed by atoms with Gasteiger partial charge in [-0.05, 0) is 47.5 Å². The number of nitrogens with one attached hydrogen (secondary N) is 1. The third kappa shape index (κ3) is 5.71. The second-order valence-corrected chi connectivity index (χ2v) is 6.97. The van der Waals surface area contributed by atoms with E-state index in [0.29, 0.717) is 0 Å². The van der Waals surface area contributed by atoms with Gasteiger partial charge in [-0.25, -0.2) is 4.98 Å². The maximum absolute atomic E-state index is 11.6. The number of nitrogens with two attached hydrogens (primary N) is 1. The number of oxazole rings is 1. The molecule has 1 aromatic rings. The lowest BCUT2D eigenvalue weighted by atomic mass is 9.93. The number of thioether (sulfide) groups is 1. The quantitative estimate of drug-likeness (QED) is 0.541. The van der Waals surface area contributed by atoms with E-state index in [2.05, 4.69) is 10.3 Å². The summed E-state index contributed by atoms with van der Waals surface area (Å²) >= 11 is 1.61. The number of nitrogens with zero attached hydrogens (tertiary/aromatic N) is 1. The van der Waals surface area contributed by atoms with Gasteiger partial charge in [0.2, 0.25) is 5.91 Å². The maximum Gasteiger partial charge on any atom is 0.256 e. The molecule has 120 valence electrons. The summed E-state index contributed by atoms with van der Waals surface area (Å²) in [6, 6.07) is 0.232. The van der Waals surface area contributed by atoms with Crippen molar-refractivity contribution in [1.82, 2.24) is 10.3 Å². The smallest absolute Gasteiger partial charge is 0.256 e. The zero-order valence-electron chi connectivity index (χ0n) is 13.7. The molecule has 21 heavy (non-hydrogen) atoms. The predicted molar refractivity (Wildman–Crippen MR) is 86.4 cm³/mol. The van der Waals surface area contributed by atoms with Crippen LogP contribution in [-0.2, 0) is 4.79 Å². The molecule has 1 heterocycles. The van der Waals surface area contributed by atoms with E-state index in [9.17, 15) is 4.79 Å². The van der Waals surface area contributed by atoms with Gasteiger partial charge in [0.05, 0.1) is 11.2 Å². The Kier molecular flexibility index (Phi) is 6.74. The molecule has 3 N–H and O–H groups in total. The van der Waals surface area contributed by atoms with Crippen molar-refractivity contribution in [3.05, 3.63) is 11.5 Å². The highest BCUT2D eigenvalue weighted by Crippen LogP contribution is 2.22. The van der Waals surface area contributed by atoms with Crippen LogP contribution >= 0.6 is 11.8 Å². The molecule has 0 spiro atoms. The molecule has 0 saturated heterocycles. The van der Waals surface area contributed by atoms with Gasteiger partial charge in [-0.1, -0.05) is 18.2 Å². The highest BCUT2D eigenvalue weighted by Gasteiger charge is 2.30. The molecule has 0 aliphatic heterocycles. The molecule has 1 amide bonds. The molecule has 6 heteroatoms. The van der Waals surface area contributed by atoms with Crippen LogP contribution in [-0.4, -0.2) is 28.2 Å². The first-order valence-electron chi connectivity index (χ1n) is 7.39. The number of rotatable bonds is 9. The van der Waals surface area contributed by atoms with E-state index in [-0.39, 0.29) is 11.9 Å². The lowest BCUT2D eigenvalue weighted by Gasteiger charge is -2.29. The third-order valence-corrected chi connectivity index (χ3v) is 4.37. The number of unbranched alkanes of at least 4 members (excludes halogenated alkanes) is 1. The van der Waals surface area contributed by atoms with Crippen LogP contribution in [0.5, 0.6) is 0 Å². The minimum Gasteiger partial charge on any atom is -0.437 e. The van der Waals surface area contributed by atoms with Gasteiger partial charge in [0.1, 0.15) is 5.76 Å². The van der Waals surface area contributed by atoms with Crippen molar-refractivity contribution in [1.29, 1.82) is 0 Å². The Hall–Kier alpha value is -1.01. The molecule has 1 aromatic heterocycles. The Morgan fingerprint density at radius 3 is 2.57 bits per heavy atom. The van der Waals surface area contributed by atoms with Crippen molar-refractivity contribution in [2.24, 2.45) is 5.73 Å². The lowest BCUT2D eigenvalue weighted by molar-refractivity contribution is -0.124. The number of aryl methyl sites for hydroxylation is 2. The minimum atomic E-state index is -0.630. The summed E-state index contributed by atoms with van der Waals surface area (Å²) in [7, 11) is 0. The van der Waals surface area contributed by atoms with Crippen LogP contribution in [0.1, 0.15) is 51.5 Å². The molecule has 1 unspecified atom stereocenters. The Morgan fingerprint density at radius 2 is 2.10 bits per heavy atom. The second kappa shape index (κ2) is 7.84. The van der Waals surface area contributed by atoms with Gasteiger partial charge in [0.25, 0.3) is 5.22 Å². The van der Waals surface area contributed by atoms with Crippen LogP contribution in [0.15, 0.2) is 9.64 Å². The van der Waals surface area contributed by atoms with Gasteiger partial charge in [0, 0.05) is 11.8 Å². The van der Waals surface area contributed by atoms with Crippen LogP contribution < -0.4 is 11.1 Å². The van der Waals surface area contributed by atoms with Gasteiger partial charge in [-0.15, -0.1) is 0 Å². The summed E-state index contributed by atoms with van der Waals surface area (Å²) in [5, 5.41) is 3.99. The summed E-state index contributed by atoms with van der Waals surface area (Å²) in [6.45, 7) is 9.78. The number of amides is 1. The average Bonchev–Trinajstić information content (AvgIpc) is 2.67. The summed E-state index contributed by atoms with van der Waals surface area (Å²) in [5.74, 6) is 1.51. The monoisotopic (exact) mass is 313 g/mol.